The van der Waals surface area contributed by atoms with Gasteiger partial charge < -0.3 is 11.1 Å². The molecule has 0 saturated heterocycles. The highest BCUT2D eigenvalue weighted by molar-refractivity contribution is 5.65. The number of nitro groups is 1. The minimum atomic E-state index is -0.475. The van der Waals surface area contributed by atoms with E-state index in [1.54, 1.807) is 12.1 Å². The first-order valence-electron chi connectivity index (χ1n) is 4.85. The number of benzene rings is 1. The quantitative estimate of drug-likeness (QED) is 0.453. The molecule has 0 spiro atoms. The maximum absolute atomic E-state index is 10.6. The molecular formula is C10H15N3O2. The highest BCUT2D eigenvalue weighted by Crippen LogP contribution is 2.25. The van der Waals surface area contributed by atoms with Crippen LogP contribution in [0.4, 0.5) is 17.1 Å². The van der Waals surface area contributed by atoms with Gasteiger partial charge in [-0.05, 0) is 25.5 Å². The monoisotopic (exact) mass is 209 g/mol. The van der Waals surface area contributed by atoms with E-state index in [1.165, 1.54) is 6.07 Å². The maximum Gasteiger partial charge on any atom is 0.294 e. The number of nitrogens with two attached hydrogens (primary N) is 1. The summed E-state index contributed by atoms with van der Waals surface area (Å²) in [4.78, 5) is 10.2. The van der Waals surface area contributed by atoms with Gasteiger partial charge in [0.2, 0.25) is 0 Å². The summed E-state index contributed by atoms with van der Waals surface area (Å²) in [6, 6.07) is 5.03. The van der Waals surface area contributed by atoms with Crippen LogP contribution in [0.25, 0.3) is 0 Å². The normalized spacial score (nSPS) is 12.1. The van der Waals surface area contributed by atoms with E-state index >= 15 is 0 Å². The summed E-state index contributed by atoms with van der Waals surface area (Å²) in [7, 11) is 0. The Morgan fingerprint density at radius 1 is 1.60 bits per heavy atom. The summed E-state index contributed by atoms with van der Waals surface area (Å²) in [5.41, 5.74) is 6.35. The van der Waals surface area contributed by atoms with Gasteiger partial charge in [0.15, 0.2) is 0 Å². The topological polar surface area (TPSA) is 81.2 Å². The van der Waals surface area contributed by atoms with Crippen LogP contribution in [0.2, 0.25) is 0 Å². The molecule has 0 heterocycles. The van der Waals surface area contributed by atoms with Crippen molar-refractivity contribution in [2.24, 2.45) is 0 Å². The zero-order valence-corrected chi connectivity index (χ0v) is 8.86. The Morgan fingerprint density at radius 3 is 2.80 bits per heavy atom. The van der Waals surface area contributed by atoms with E-state index in [2.05, 4.69) is 5.32 Å². The standard InChI is InChI=1S/C10H15N3O2/c1-3-7(2)12-8-4-5-9(11)10(6-8)13(14)15/h4-7,12H,3,11H2,1-2H3/t7-/m0/s1. The molecule has 0 fully saturated rings. The Hall–Kier alpha value is -1.78. The molecule has 82 valence electrons. The van der Waals surface area contributed by atoms with Gasteiger partial charge in [-0.3, -0.25) is 10.1 Å². The summed E-state index contributed by atoms with van der Waals surface area (Å²) < 4.78 is 0. The summed E-state index contributed by atoms with van der Waals surface area (Å²) in [5.74, 6) is 0. The van der Waals surface area contributed by atoms with Crippen LogP contribution < -0.4 is 11.1 Å². The number of anilines is 2. The van der Waals surface area contributed by atoms with Gasteiger partial charge in [-0.2, -0.15) is 0 Å². The summed E-state index contributed by atoms with van der Waals surface area (Å²) >= 11 is 0. The van der Waals surface area contributed by atoms with Gasteiger partial charge in [-0.25, -0.2) is 0 Å². The average Bonchev–Trinajstić information content (AvgIpc) is 2.20. The fraction of sp³-hybridized carbons (Fsp3) is 0.400. The second-order valence-electron chi connectivity index (χ2n) is 3.48. The van der Waals surface area contributed by atoms with Crippen molar-refractivity contribution in [1.29, 1.82) is 0 Å². The molecule has 0 aliphatic rings. The van der Waals surface area contributed by atoms with E-state index in [1.807, 2.05) is 13.8 Å². The van der Waals surface area contributed by atoms with E-state index in [0.29, 0.717) is 0 Å². The molecule has 1 aromatic rings. The zero-order chi connectivity index (χ0) is 11.4. The third-order valence-corrected chi connectivity index (χ3v) is 2.25. The van der Waals surface area contributed by atoms with Crippen LogP contribution >= 0.6 is 0 Å². The van der Waals surface area contributed by atoms with Crippen molar-refractivity contribution in [3.63, 3.8) is 0 Å². The summed E-state index contributed by atoms with van der Waals surface area (Å²) in [5, 5.41) is 13.8. The van der Waals surface area contributed by atoms with Crippen molar-refractivity contribution in [1.82, 2.24) is 0 Å². The molecule has 0 aliphatic carbocycles. The van der Waals surface area contributed by atoms with Crippen molar-refractivity contribution >= 4 is 17.1 Å². The fourth-order valence-corrected chi connectivity index (χ4v) is 1.18. The number of nitrogens with zero attached hydrogens (tertiary/aromatic N) is 1. The molecule has 5 nitrogen and oxygen atoms in total. The van der Waals surface area contributed by atoms with Crippen molar-refractivity contribution in [3.05, 3.63) is 28.3 Å². The SMILES string of the molecule is CC[C@H](C)Nc1ccc(N)c([N+](=O)[O-])c1. The Kier molecular flexibility index (Phi) is 3.49. The van der Waals surface area contributed by atoms with Crippen molar-refractivity contribution in [2.75, 3.05) is 11.1 Å². The van der Waals surface area contributed by atoms with Crippen LogP contribution in [0.15, 0.2) is 18.2 Å². The average molecular weight is 209 g/mol. The molecular weight excluding hydrogens is 194 g/mol. The molecule has 15 heavy (non-hydrogen) atoms. The molecule has 0 aromatic heterocycles. The van der Waals surface area contributed by atoms with Gasteiger partial charge in [-0.1, -0.05) is 6.92 Å². The minimum absolute atomic E-state index is 0.0525. The van der Waals surface area contributed by atoms with Gasteiger partial charge in [0.1, 0.15) is 5.69 Å². The first kappa shape index (κ1) is 11.3. The van der Waals surface area contributed by atoms with Crippen molar-refractivity contribution in [2.45, 2.75) is 26.3 Å². The first-order chi connectivity index (χ1) is 7.04. The van der Waals surface area contributed by atoms with Crippen molar-refractivity contribution in [3.8, 4) is 0 Å². The molecule has 1 aromatic carbocycles. The number of hydrogen-bond donors (Lipinski definition) is 2. The van der Waals surface area contributed by atoms with Crippen LogP contribution in [0.1, 0.15) is 20.3 Å². The summed E-state index contributed by atoms with van der Waals surface area (Å²) in [6.07, 6.45) is 0.957. The molecule has 3 N–H and O–H groups in total. The molecule has 1 atom stereocenters. The van der Waals surface area contributed by atoms with E-state index < -0.39 is 4.92 Å². The lowest BCUT2D eigenvalue weighted by molar-refractivity contribution is -0.383. The maximum atomic E-state index is 10.6. The smallest absolute Gasteiger partial charge is 0.294 e. The number of nitrogen functional groups attached to an aromatic ring is 1. The summed E-state index contributed by atoms with van der Waals surface area (Å²) in [6.45, 7) is 4.06. The van der Waals surface area contributed by atoms with E-state index in [9.17, 15) is 10.1 Å². The largest absolute Gasteiger partial charge is 0.393 e. The lowest BCUT2D eigenvalue weighted by Gasteiger charge is -2.12. The van der Waals surface area contributed by atoms with Gasteiger partial charge >= 0.3 is 0 Å². The minimum Gasteiger partial charge on any atom is -0.393 e. The lowest BCUT2D eigenvalue weighted by Crippen LogP contribution is -2.13. The molecule has 5 heteroatoms. The van der Waals surface area contributed by atoms with Crippen LogP contribution in [-0.4, -0.2) is 11.0 Å². The predicted octanol–water partition coefficient (Wildman–Crippen LogP) is 2.39. The van der Waals surface area contributed by atoms with Crippen LogP contribution in [0, 0.1) is 10.1 Å². The van der Waals surface area contributed by atoms with Crippen molar-refractivity contribution < 1.29 is 4.92 Å². The Balaban J connectivity index is 2.92. The van der Waals surface area contributed by atoms with Gasteiger partial charge in [-0.15, -0.1) is 0 Å². The Labute approximate surface area is 88.4 Å². The highest BCUT2D eigenvalue weighted by atomic mass is 16.6. The number of nitro benzene ring substituents is 1. The Morgan fingerprint density at radius 2 is 2.27 bits per heavy atom. The van der Waals surface area contributed by atoms with Gasteiger partial charge in [0, 0.05) is 17.8 Å². The number of nitrogens with one attached hydrogen (secondary N) is 1. The molecule has 0 bridgehead atoms. The third kappa shape index (κ3) is 2.83. The van der Waals surface area contributed by atoms with Crippen LogP contribution in [0.5, 0.6) is 0 Å². The van der Waals surface area contributed by atoms with E-state index in [-0.39, 0.29) is 17.4 Å². The van der Waals surface area contributed by atoms with E-state index in [0.717, 1.165) is 12.1 Å². The molecule has 0 aliphatic heterocycles. The number of hydrogen-bond acceptors (Lipinski definition) is 4. The zero-order valence-electron chi connectivity index (χ0n) is 8.86. The second-order valence-corrected chi connectivity index (χ2v) is 3.48. The van der Waals surface area contributed by atoms with Crippen LogP contribution in [-0.2, 0) is 0 Å². The third-order valence-electron chi connectivity index (χ3n) is 2.25. The molecule has 1 rings (SSSR count). The Bertz CT molecular complexity index is 366. The predicted molar refractivity (Wildman–Crippen MR) is 60.9 cm³/mol. The number of rotatable bonds is 4. The molecule has 0 unspecified atom stereocenters. The second kappa shape index (κ2) is 4.63. The first-order valence-corrected chi connectivity index (χ1v) is 4.85. The van der Waals surface area contributed by atoms with Gasteiger partial charge in [0.05, 0.1) is 4.92 Å². The molecule has 0 amide bonds. The fourth-order valence-electron chi connectivity index (χ4n) is 1.18. The highest BCUT2D eigenvalue weighted by Gasteiger charge is 2.12. The molecule has 0 saturated carbocycles. The molecule has 0 radical (unpaired) electrons. The van der Waals surface area contributed by atoms with Crippen LogP contribution in [0.3, 0.4) is 0 Å². The lowest BCUT2D eigenvalue weighted by atomic mass is 10.2. The van der Waals surface area contributed by atoms with E-state index in [4.69, 9.17) is 5.73 Å². The van der Waals surface area contributed by atoms with Gasteiger partial charge in [0.25, 0.3) is 5.69 Å².